The van der Waals surface area contributed by atoms with Gasteiger partial charge < -0.3 is 10.2 Å². The molecule has 1 N–H and O–H groups in total. The van der Waals surface area contributed by atoms with Gasteiger partial charge in [0.2, 0.25) is 11.8 Å². The zero-order chi connectivity index (χ0) is 31.1. The molecule has 3 aromatic rings. The summed E-state index contributed by atoms with van der Waals surface area (Å²) in [5.41, 5.74) is 2.79. The number of amides is 2. The van der Waals surface area contributed by atoms with Crippen LogP contribution in [-0.2, 0) is 32.6 Å². The molecule has 0 spiro atoms. The van der Waals surface area contributed by atoms with E-state index in [0.29, 0.717) is 27.7 Å². The third-order valence-corrected chi connectivity index (χ3v) is 10.5. The lowest BCUT2D eigenvalue weighted by Crippen LogP contribution is -2.53. The minimum Gasteiger partial charge on any atom is -0.352 e. The van der Waals surface area contributed by atoms with Crippen molar-refractivity contribution in [2.45, 2.75) is 82.8 Å². The van der Waals surface area contributed by atoms with Crippen LogP contribution >= 0.6 is 23.2 Å². The number of carbonyl (C=O) groups excluding carboxylic acids is 2. The standard InChI is InChI=1S/C33H39Cl2N3O4S/c1-4-26-10-8-9-13-31(26)38(43(41,42)28-17-14-23(2)15-18-28)22-32(39)37(21-25-16-19-29(34)30(35)20-25)24(3)33(40)36-27-11-6-5-7-12-27/h8-10,13-20,24,27H,4-7,11-12,21-22H2,1-3H3,(H,36,40)/t24-/m1/s1. The number of anilines is 1. The number of rotatable bonds is 11. The van der Waals surface area contributed by atoms with Crippen molar-refractivity contribution < 1.29 is 18.0 Å². The van der Waals surface area contributed by atoms with Crippen LogP contribution in [0.5, 0.6) is 0 Å². The van der Waals surface area contributed by atoms with Gasteiger partial charge >= 0.3 is 0 Å². The molecule has 1 saturated carbocycles. The van der Waals surface area contributed by atoms with Crippen molar-refractivity contribution in [2.24, 2.45) is 0 Å². The van der Waals surface area contributed by atoms with Crippen molar-refractivity contribution in [1.82, 2.24) is 10.2 Å². The van der Waals surface area contributed by atoms with E-state index < -0.39 is 28.5 Å². The van der Waals surface area contributed by atoms with E-state index in [0.717, 1.165) is 47.5 Å². The smallest absolute Gasteiger partial charge is 0.264 e. The Kier molecular flexibility index (Phi) is 11.2. The van der Waals surface area contributed by atoms with Crippen molar-refractivity contribution in [3.05, 3.63) is 93.5 Å². The van der Waals surface area contributed by atoms with Crippen molar-refractivity contribution in [3.8, 4) is 0 Å². The van der Waals surface area contributed by atoms with E-state index in [1.54, 1.807) is 61.5 Å². The average Bonchev–Trinajstić information content (AvgIpc) is 3.00. The predicted molar refractivity (Wildman–Crippen MR) is 173 cm³/mol. The van der Waals surface area contributed by atoms with Crippen LogP contribution in [0, 0.1) is 6.92 Å². The van der Waals surface area contributed by atoms with Crippen LogP contribution in [0.4, 0.5) is 5.69 Å². The van der Waals surface area contributed by atoms with Crippen molar-refractivity contribution in [2.75, 3.05) is 10.8 Å². The highest BCUT2D eigenvalue weighted by molar-refractivity contribution is 7.92. The first-order valence-corrected chi connectivity index (χ1v) is 16.9. The van der Waals surface area contributed by atoms with E-state index in [1.807, 2.05) is 26.0 Å². The number of sulfonamides is 1. The summed E-state index contributed by atoms with van der Waals surface area (Å²) in [4.78, 5) is 29.2. The molecule has 1 atom stereocenters. The fourth-order valence-corrected chi connectivity index (χ4v) is 7.16. The first-order chi connectivity index (χ1) is 20.5. The molecule has 1 fully saturated rings. The maximum Gasteiger partial charge on any atom is 0.264 e. The quantitative estimate of drug-likeness (QED) is 0.246. The number of benzene rings is 3. The van der Waals surface area contributed by atoms with Crippen molar-refractivity contribution in [3.63, 3.8) is 0 Å². The van der Waals surface area contributed by atoms with Gasteiger partial charge in [0.1, 0.15) is 12.6 Å². The van der Waals surface area contributed by atoms with Crippen LogP contribution in [0.2, 0.25) is 10.0 Å². The summed E-state index contributed by atoms with van der Waals surface area (Å²) in [7, 11) is -4.14. The van der Waals surface area contributed by atoms with Crippen LogP contribution in [0.3, 0.4) is 0 Å². The molecule has 0 aliphatic heterocycles. The highest BCUT2D eigenvalue weighted by Crippen LogP contribution is 2.29. The summed E-state index contributed by atoms with van der Waals surface area (Å²) in [5, 5.41) is 3.81. The third-order valence-electron chi connectivity index (χ3n) is 7.98. The molecule has 10 heteroatoms. The SMILES string of the molecule is CCc1ccccc1N(CC(=O)N(Cc1ccc(Cl)c(Cl)c1)[C@H](C)C(=O)NC1CCCCC1)S(=O)(=O)c1ccc(C)cc1. The number of hydrogen-bond acceptors (Lipinski definition) is 4. The summed E-state index contributed by atoms with van der Waals surface area (Å²) in [6.07, 6.45) is 5.61. The Morgan fingerprint density at radius 2 is 1.63 bits per heavy atom. The van der Waals surface area contributed by atoms with Gasteiger partial charge in [0, 0.05) is 12.6 Å². The average molecular weight is 645 g/mol. The van der Waals surface area contributed by atoms with Crippen LogP contribution in [0.1, 0.15) is 62.6 Å². The predicted octanol–water partition coefficient (Wildman–Crippen LogP) is 6.93. The zero-order valence-corrected chi connectivity index (χ0v) is 27.2. The minimum atomic E-state index is -4.14. The normalized spacial score (nSPS) is 14.6. The molecule has 0 heterocycles. The first-order valence-electron chi connectivity index (χ1n) is 14.7. The number of aryl methyl sites for hydroxylation is 2. The highest BCUT2D eigenvalue weighted by atomic mass is 35.5. The molecule has 43 heavy (non-hydrogen) atoms. The van der Waals surface area contributed by atoms with E-state index in [1.165, 1.54) is 4.90 Å². The summed E-state index contributed by atoms with van der Waals surface area (Å²) in [6, 6.07) is 17.9. The Balaban J connectivity index is 1.71. The largest absolute Gasteiger partial charge is 0.352 e. The topological polar surface area (TPSA) is 86.8 Å². The van der Waals surface area contributed by atoms with Crippen molar-refractivity contribution >= 4 is 50.7 Å². The Labute approximate surface area is 265 Å². The van der Waals surface area contributed by atoms with Crippen LogP contribution in [-0.4, -0.2) is 43.8 Å². The first kappa shape index (κ1) is 32.8. The number of hydrogen-bond donors (Lipinski definition) is 1. The lowest BCUT2D eigenvalue weighted by Gasteiger charge is -2.33. The number of nitrogens with zero attached hydrogens (tertiary/aromatic N) is 2. The van der Waals surface area contributed by atoms with Crippen LogP contribution in [0.15, 0.2) is 71.6 Å². The molecule has 2 amide bonds. The Morgan fingerprint density at radius 1 is 0.953 bits per heavy atom. The minimum absolute atomic E-state index is 0.0445. The van der Waals surface area contributed by atoms with Gasteiger partial charge in [-0.1, -0.05) is 91.3 Å². The van der Waals surface area contributed by atoms with Gasteiger partial charge in [-0.25, -0.2) is 8.42 Å². The van der Waals surface area contributed by atoms with Crippen LogP contribution < -0.4 is 9.62 Å². The van der Waals surface area contributed by atoms with Crippen LogP contribution in [0.25, 0.3) is 0 Å². The lowest BCUT2D eigenvalue weighted by atomic mass is 9.95. The highest BCUT2D eigenvalue weighted by Gasteiger charge is 2.34. The second-order valence-corrected chi connectivity index (χ2v) is 13.8. The monoisotopic (exact) mass is 643 g/mol. The Bertz CT molecular complexity index is 1540. The zero-order valence-electron chi connectivity index (χ0n) is 24.9. The molecule has 1 aliphatic rings. The number of nitrogens with one attached hydrogen (secondary N) is 1. The number of carbonyl (C=O) groups is 2. The van der Waals surface area contributed by atoms with Gasteiger partial charge in [-0.2, -0.15) is 0 Å². The third kappa shape index (κ3) is 8.11. The maximum atomic E-state index is 14.2. The fraction of sp³-hybridized carbons (Fsp3) is 0.394. The summed E-state index contributed by atoms with van der Waals surface area (Å²) in [5.74, 6) is -0.791. The second-order valence-electron chi connectivity index (χ2n) is 11.1. The number of halogens is 2. The van der Waals surface area contributed by atoms with Crippen molar-refractivity contribution in [1.29, 1.82) is 0 Å². The second kappa shape index (κ2) is 14.6. The molecule has 230 valence electrons. The number of para-hydroxylation sites is 1. The van der Waals surface area contributed by atoms with Gasteiger partial charge in [-0.15, -0.1) is 0 Å². The molecule has 0 aromatic heterocycles. The van der Waals surface area contributed by atoms with E-state index in [4.69, 9.17) is 23.2 Å². The Hall–Kier alpha value is -3.07. The molecular formula is C33H39Cl2N3O4S. The summed E-state index contributed by atoms with van der Waals surface area (Å²) >= 11 is 12.4. The van der Waals surface area contributed by atoms with E-state index in [2.05, 4.69) is 5.32 Å². The van der Waals surface area contributed by atoms with Gasteiger partial charge in [0.25, 0.3) is 10.0 Å². The lowest BCUT2D eigenvalue weighted by molar-refractivity contribution is -0.139. The summed E-state index contributed by atoms with van der Waals surface area (Å²) < 4.78 is 29.4. The molecule has 3 aromatic carbocycles. The molecule has 0 unspecified atom stereocenters. The molecule has 0 radical (unpaired) electrons. The molecule has 0 bridgehead atoms. The van der Waals surface area contributed by atoms with E-state index in [9.17, 15) is 18.0 Å². The molecule has 0 saturated heterocycles. The molecule has 4 rings (SSSR count). The maximum absolute atomic E-state index is 14.2. The molecule has 1 aliphatic carbocycles. The van der Waals surface area contributed by atoms with Gasteiger partial charge in [0.05, 0.1) is 20.6 Å². The fourth-order valence-electron chi connectivity index (χ4n) is 5.39. The van der Waals surface area contributed by atoms with Gasteiger partial charge in [-0.3, -0.25) is 13.9 Å². The Morgan fingerprint density at radius 3 is 2.28 bits per heavy atom. The molecule has 7 nitrogen and oxygen atoms in total. The van der Waals surface area contributed by atoms with Gasteiger partial charge in [-0.05, 0) is 74.6 Å². The molecular weight excluding hydrogens is 605 g/mol. The summed E-state index contributed by atoms with van der Waals surface area (Å²) in [6.45, 7) is 5.04. The van der Waals surface area contributed by atoms with E-state index >= 15 is 0 Å². The van der Waals surface area contributed by atoms with Gasteiger partial charge in [0.15, 0.2) is 0 Å². The van der Waals surface area contributed by atoms with E-state index in [-0.39, 0.29) is 23.4 Å².